The molecular weight excluding hydrogens is 382 g/mol. The largest absolute Gasteiger partial charge is 0.466 e. The Bertz CT molecular complexity index is 816. The maximum Gasteiger partial charge on any atom is 0.309 e. The van der Waals surface area contributed by atoms with Crippen LogP contribution in [0.5, 0.6) is 0 Å². The fourth-order valence-corrected chi connectivity index (χ4v) is 5.20. The highest BCUT2D eigenvalue weighted by Crippen LogP contribution is 2.33. The number of aromatic nitrogens is 2. The van der Waals surface area contributed by atoms with Crippen LogP contribution in [0, 0.1) is 5.92 Å². The second-order valence-corrected chi connectivity index (χ2v) is 9.02. The minimum atomic E-state index is -0.229. The first kappa shape index (κ1) is 20.1. The number of aryl methyl sites for hydroxylation is 1. The Balaban J connectivity index is 1.62. The first-order valence-electron chi connectivity index (χ1n) is 9.39. The molecule has 0 bridgehead atoms. The van der Waals surface area contributed by atoms with Crippen molar-refractivity contribution in [2.75, 3.05) is 19.7 Å². The molecule has 3 heterocycles. The van der Waals surface area contributed by atoms with Crippen molar-refractivity contribution in [1.29, 1.82) is 0 Å². The molecule has 6 nitrogen and oxygen atoms in total. The van der Waals surface area contributed by atoms with Crippen molar-refractivity contribution < 1.29 is 14.3 Å². The molecule has 1 atom stereocenters. The van der Waals surface area contributed by atoms with Gasteiger partial charge in [0.25, 0.3) is 0 Å². The SMILES string of the molecule is CCOC(=O)C1CCN(C(=O)C(C)Sc2ncnc3sc(CC)cc23)CC1. The number of hydrogen-bond donors (Lipinski definition) is 0. The van der Waals surface area contributed by atoms with Crippen LogP contribution in [0.15, 0.2) is 17.4 Å². The van der Waals surface area contributed by atoms with Gasteiger partial charge in [-0.05, 0) is 39.2 Å². The molecule has 3 rings (SSSR count). The molecule has 2 aromatic heterocycles. The molecule has 2 aromatic rings. The van der Waals surface area contributed by atoms with Crippen LogP contribution in [0.3, 0.4) is 0 Å². The van der Waals surface area contributed by atoms with Crippen LogP contribution in [0.4, 0.5) is 0 Å². The molecule has 1 unspecified atom stereocenters. The molecule has 0 N–H and O–H groups in total. The highest BCUT2D eigenvalue weighted by molar-refractivity contribution is 8.00. The van der Waals surface area contributed by atoms with E-state index in [1.807, 2.05) is 18.7 Å². The maximum atomic E-state index is 12.9. The minimum Gasteiger partial charge on any atom is -0.466 e. The summed E-state index contributed by atoms with van der Waals surface area (Å²) >= 11 is 3.16. The summed E-state index contributed by atoms with van der Waals surface area (Å²) in [6.45, 7) is 7.47. The number of thiophene rings is 1. The van der Waals surface area contributed by atoms with E-state index in [0.29, 0.717) is 32.5 Å². The number of amides is 1. The van der Waals surface area contributed by atoms with E-state index in [2.05, 4.69) is 23.0 Å². The van der Waals surface area contributed by atoms with Crippen molar-refractivity contribution in [1.82, 2.24) is 14.9 Å². The van der Waals surface area contributed by atoms with Crippen molar-refractivity contribution in [2.24, 2.45) is 5.92 Å². The summed E-state index contributed by atoms with van der Waals surface area (Å²) in [6.07, 6.45) is 3.88. The smallest absolute Gasteiger partial charge is 0.309 e. The van der Waals surface area contributed by atoms with Crippen LogP contribution in [0.25, 0.3) is 10.2 Å². The van der Waals surface area contributed by atoms with E-state index < -0.39 is 0 Å². The Labute approximate surface area is 167 Å². The molecule has 8 heteroatoms. The van der Waals surface area contributed by atoms with E-state index in [1.165, 1.54) is 16.6 Å². The Morgan fingerprint density at radius 2 is 2.07 bits per heavy atom. The number of likely N-dealkylation sites (tertiary alicyclic amines) is 1. The van der Waals surface area contributed by atoms with Gasteiger partial charge in [0.05, 0.1) is 17.8 Å². The van der Waals surface area contributed by atoms with E-state index in [0.717, 1.165) is 21.7 Å². The number of esters is 1. The van der Waals surface area contributed by atoms with Crippen LogP contribution in [-0.4, -0.2) is 51.7 Å². The van der Waals surface area contributed by atoms with E-state index in [4.69, 9.17) is 4.74 Å². The van der Waals surface area contributed by atoms with Gasteiger partial charge in [0.2, 0.25) is 5.91 Å². The number of rotatable bonds is 6. The molecule has 1 aliphatic heterocycles. The van der Waals surface area contributed by atoms with Gasteiger partial charge in [0.1, 0.15) is 16.2 Å². The third kappa shape index (κ3) is 4.60. The first-order chi connectivity index (χ1) is 13.0. The van der Waals surface area contributed by atoms with Gasteiger partial charge in [-0.3, -0.25) is 9.59 Å². The van der Waals surface area contributed by atoms with E-state index in [1.54, 1.807) is 17.7 Å². The van der Waals surface area contributed by atoms with Crippen LogP contribution < -0.4 is 0 Å². The van der Waals surface area contributed by atoms with Gasteiger partial charge in [0, 0.05) is 23.4 Å². The topological polar surface area (TPSA) is 72.4 Å². The summed E-state index contributed by atoms with van der Waals surface area (Å²) in [4.78, 5) is 37.6. The maximum absolute atomic E-state index is 12.9. The van der Waals surface area contributed by atoms with Gasteiger partial charge < -0.3 is 9.64 Å². The molecule has 1 saturated heterocycles. The summed E-state index contributed by atoms with van der Waals surface area (Å²) in [5.74, 6) is -0.128. The number of nitrogens with zero attached hydrogens (tertiary/aromatic N) is 3. The van der Waals surface area contributed by atoms with Crippen molar-refractivity contribution in [3.63, 3.8) is 0 Å². The molecular formula is C19H25N3O3S2. The highest BCUT2D eigenvalue weighted by atomic mass is 32.2. The number of ether oxygens (including phenoxy) is 1. The average molecular weight is 408 g/mol. The van der Waals surface area contributed by atoms with Gasteiger partial charge in [-0.1, -0.05) is 18.7 Å². The van der Waals surface area contributed by atoms with Crippen LogP contribution in [0.1, 0.15) is 38.5 Å². The Hall–Kier alpha value is -1.67. The number of thioether (sulfide) groups is 1. The molecule has 0 aromatic carbocycles. The lowest BCUT2D eigenvalue weighted by Gasteiger charge is -2.32. The van der Waals surface area contributed by atoms with Crippen molar-refractivity contribution in [2.45, 2.75) is 50.3 Å². The van der Waals surface area contributed by atoms with Crippen molar-refractivity contribution in [3.8, 4) is 0 Å². The zero-order valence-corrected chi connectivity index (χ0v) is 17.6. The fraction of sp³-hybridized carbons (Fsp3) is 0.579. The normalized spacial score (nSPS) is 16.5. The van der Waals surface area contributed by atoms with Crippen LogP contribution in [-0.2, 0) is 20.7 Å². The third-order valence-electron chi connectivity index (χ3n) is 4.76. The lowest BCUT2D eigenvalue weighted by Crippen LogP contribution is -2.43. The molecule has 1 fully saturated rings. The monoisotopic (exact) mass is 407 g/mol. The lowest BCUT2D eigenvalue weighted by atomic mass is 9.97. The number of carbonyl (C=O) groups is 2. The molecule has 1 aliphatic rings. The summed E-state index contributed by atoms with van der Waals surface area (Å²) in [7, 11) is 0. The average Bonchev–Trinajstić information content (AvgIpc) is 3.12. The number of hydrogen-bond acceptors (Lipinski definition) is 7. The predicted octanol–water partition coefficient (Wildman–Crippen LogP) is 3.54. The Morgan fingerprint density at radius 3 is 2.74 bits per heavy atom. The Kier molecular flexibility index (Phi) is 6.70. The second-order valence-electron chi connectivity index (χ2n) is 6.58. The quantitative estimate of drug-likeness (QED) is 0.414. The van der Waals surface area contributed by atoms with Crippen molar-refractivity contribution in [3.05, 3.63) is 17.3 Å². The summed E-state index contributed by atoms with van der Waals surface area (Å²) < 4.78 is 5.10. The fourth-order valence-electron chi connectivity index (χ4n) is 3.22. The molecule has 0 spiro atoms. The van der Waals surface area contributed by atoms with Gasteiger partial charge in [-0.25, -0.2) is 9.97 Å². The van der Waals surface area contributed by atoms with Crippen LogP contribution in [0.2, 0.25) is 0 Å². The summed E-state index contributed by atoms with van der Waals surface area (Å²) in [5.41, 5.74) is 0. The number of fused-ring (bicyclic) bond motifs is 1. The molecule has 0 aliphatic carbocycles. The molecule has 27 heavy (non-hydrogen) atoms. The van der Waals surface area contributed by atoms with Gasteiger partial charge in [0.15, 0.2) is 0 Å². The molecule has 1 amide bonds. The van der Waals surface area contributed by atoms with E-state index >= 15 is 0 Å². The zero-order valence-electron chi connectivity index (χ0n) is 15.9. The standard InChI is InChI=1S/C19H25N3O3S2/c1-4-14-10-15-16(20-11-21-17(15)27-14)26-12(3)18(23)22-8-6-13(7-9-22)19(24)25-5-2/h10-13H,4-9H2,1-3H3. The van der Waals surface area contributed by atoms with Gasteiger partial charge in [-0.2, -0.15) is 0 Å². The summed E-state index contributed by atoms with van der Waals surface area (Å²) in [6, 6.07) is 2.13. The van der Waals surface area contributed by atoms with Gasteiger partial charge in [-0.15, -0.1) is 11.3 Å². The van der Waals surface area contributed by atoms with Crippen molar-refractivity contribution >= 4 is 45.2 Å². The summed E-state index contributed by atoms with van der Waals surface area (Å²) in [5, 5.41) is 1.66. The number of carbonyl (C=O) groups excluding carboxylic acids is 2. The third-order valence-corrected chi connectivity index (χ3v) is 7.05. The predicted molar refractivity (Wildman–Crippen MR) is 108 cm³/mol. The van der Waals surface area contributed by atoms with Crippen LogP contribution >= 0.6 is 23.1 Å². The lowest BCUT2D eigenvalue weighted by molar-refractivity contribution is -0.151. The molecule has 146 valence electrons. The number of piperidine rings is 1. The zero-order chi connectivity index (χ0) is 19.4. The highest BCUT2D eigenvalue weighted by Gasteiger charge is 2.30. The Morgan fingerprint density at radius 1 is 1.33 bits per heavy atom. The molecule has 0 radical (unpaired) electrons. The van der Waals surface area contributed by atoms with E-state index in [-0.39, 0.29) is 23.0 Å². The minimum absolute atomic E-state index is 0.0864. The molecule has 0 saturated carbocycles. The first-order valence-corrected chi connectivity index (χ1v) is 11.1. The van der Waals surface area contributed by atoms with Gasteiger partial charge >= 0.3 is 5.97 Å². The second kappa shape index (κ2) is 9.01. The van der Waals surface area contributed by atoms with E-state index in [9.17, 15) is 9.59 Å².